The highest BCUT2D eigenvalue weighted by molar-refractivity contribution is 6.03. The third-order valence-corrected chi connectivity index (χ3v) is 5.91. The van der Waals surface area contributed by atoms with E-state index >= 15 is 0 Å². The van der Waals surface area contributed by atoms with Crippen LogP contribution in [0.3, 0.4) is 0 Å². The van der Waals surface area contributed by atoms with Gasteiger partial charge in [0, 0.05) is 73.2 Å². The summed E-state index contributed by atoms with van der Waals surface area (Å²) in [5, 5.41) is 22.1. The van der Waals surface area contributed by atoms with Gasteiger partial charge >= 0.3 is 11.9 Å². The number of H-pyrrole nitrogens is 1. The van der Waals surface area contributed by atoms with Gasteiger partial charge in [0.05, 0.1) is 0 Å². The molecule has 4 N–H and O–H groups in total. The molecule has 1 fully saturated rings. The summed E-state index contributed by atoms with van der Waals surface area (Å²) in [5.74, 6) is -2.73. The van der Waals surface area contributed by atoms with E-state index in [0.29, 0.717) is 29.7 Å². The number of nitrogens with one attached hydrogen (secondary N) is 2. The molecular formula is C25H26N4O5. The van der Waals surface area contributed by atoms with Crippen LogP contribution in [0.2, 0.25) is 0 Å². The minimum absolute atomic E-state index is 0.449. The van der Waals surface area contributed by atoms with E-state index in [9.17, 15) is 19.5 Å². The van der Waals surface area contributed by atoms with Crippen molar-refractivity contribution in [3.05, 3.63) is 78.0 Å². The molecule has 1 amide bonds. The van der Waals surface area contributed by atoms with Crippen molar-refractivity contribution in [2.24, 2.45) is 0 Å². The molecule has 9 heteroatoms. The van der Waals surface area contributed by atoms with E-state index in [1.54, 1.807) is 24.4 Å². The number of aliphatic carboxylic acids is 2. The molecule has 1 aliphatic heterocycles. The molecule has 9 nitrogen and oxygen atoms in total. The van der Waals surface area contributed by atoms with Gasteiger partial charge in [-0.3, -0.25) is 19.4 Å². The van der Waals surface area contributed by atoms with Crippen molar-refractivity contribution in [3.63, 3.8) is 0 Å². The second-order valence-electron chi connectivity index (χ2n) is 8.20. The molecule has 0 spiro atoms. The lowest BCUT2D eigenvalue weighted by atomic mass is 10.0. The van der Waals surface area contributed by atoms with Crippen LogP contribution in [0.1, 0.15) is 17.2 Å². The van der Waals surface area contributed by atoms with Gasteiger partial charge in [0.1, 0.15) is 6.04 Å². The normalized spacial score (nSPS) is 16.0. The molecule has 34 heavy (non-hydrogen) atoms. The Morgan fingerprint density at radius 2 is 1.74 bits per heavy atom. The highest BCUT2D eigenvalue weighted by Gasteiger charge is 2.32. The van der Waals surface area contributed by atoms with Gasteiger partial charge in [0.2, 0.25) is 5.91 Å². The smallest absolute Gasteiger partial charge is 0.328 e. The predicted octanol–water partition coefficient (Wildman–Crippen LogP) is 2.69. The van der Waals surface area contributed by atoms with Crippen LogP contribution >= 0.6 is 0 Å². The van der Waals surface area contributed by atoms with Gasteiger partial charge in [0.15, 0.2) is 0 Å². The van der Waals surface area contributed by atoms with Crippen molar-refractivity contribution in [2.75, 3.05) is 31.5 Å². The van der Waals surface area contributed by atoms with E-state index in [0.717, 1.165) is 37.3 Å². The van der Waals surface area contributed by atoms with Crippen molar-refractivity contribution in [1.82, 2.24) is 14.8 Å². The van der Waals surface area contributed by atoms with Crippen LogP contribution in [0.5, 0.6) is 0 Å². The molecule has 1 saturated heterocycles. The number of aromatic nitrogens is 1. The van der Waals surface area contributed by atoms with E-state index in [-0.39, 0.29) is 0 Å². The predicted molar refractivity (Wildman–Crippen MR) is 127 cm³/mol. The molecule has 2 aromatic carbocycles. The van der Waals surface area contributed by atoms with Gasteiger partial charge in [-0.2, -0.15) is 0 Å². The van der Waals surface area contributed by atoms with Crippen molar-refractivity contribution >= 4 is 34.4 Å². The minimum Gasteiger partial charge on any atom is -0.480 e. The molecule has 0 aliphatic carbocycles. The number of rotatable bonds is 8. The first kappa shape index (κ1) is 23.2. The summed E-state index contributed by atoms with van der Waals surface area (Å²) in [6.07, 6.45) is 3.39. The Hall–Kier alpha value is -3.95. The number of carboxylic acids is 2. The van der Waals surface area contributed by atoms with Crippen molar-refractivity contribution in [3.8, 4) is 0 Å². The topological polar surface area (TPSA) is 126 Å². The van der Waals surface area contributed by atoms with E-state index in [2.05, 4.69) is 27.3 Å². The van der Waals surface area contributed by atoms with Crippen LogP contribution in [0.15, 0.2) is 66.9 Å². The van der Waals surface area contributed by atoms with Crippen LogP contribution in [0, 0.1) is 0 Å². The summed E-state index contributed by atoms with van der Waals surface area (Å²) >= 11 is 0. The van der Waals surface area contributed by atoms with Crippen LogP contribution in [0.4, 0.5) is 5.69 Å². The Morgan fingerprint density at radius 1 is 1.00 bits per heavy atom. The van der Waals surface area contributed by atoms with Crippen LogP contribution in [-0.4, -0.2) is 69.0 Å². The molecule has 1 aromatic heterocycles. The lowest BCUT2D eigenvalue weighted by Gasteiger charge is -2.37. The fourth-order valence-corrected chi connectivity index (χ4v) is 4.28. The van der Waals surface area contributed by atoms with E-state index in [1.807, 2.05) is 23.1 Å². The molecule has 0 bridgehead atoms. The quantitative estimate of drug-likeness (QED) is 0.379. The summed E-state index contributed by atoms with van der Waals surface area (Å²) in [7, 11) is 0. The van der Waals surface area contributed by atoms with Gasteiger partial charge < -0.3 is 20.5 Å². The number of hydrogen-bond donors (Lipinski definition) is 4. The maximum absolute atomic E-state index is 12.3. The number of anilines is 1. The first-order chi connectivity index (χ1) is 16.4. The minimum atomic E-state index is -1.22. The van der Waals surface area contributed by atoms with Gasteiger partial charge in [0.25, 0.3) is 0 Å². The van der Waals surface area contributed by atoms with E-state index < -0.39 is 23.9 Å². The van der Waals surface area contributed by atoms with Crippen molar-refractivity contribution < 1.29 is 24.6 Å². The Balaban J connectivity index is 1.50. The third kappa shape index (κ3) is 5.51. The van der Waals surface area contributed by atoms with Crippen LogP contribution in [0.25, 0.3) is 10.9 Å². The first-order valence-electron chi connectivity index (χ1n) is 11.0. The standard InChI is InChI=1S/C25H26N4O5/c30-22(8-9-23(31)32)27-18-6-7-21-19(14-18)20(15-26-21)24(25(33)34)29-12-10-28(11-13-29)16-17-4-2-1-3-5-17/h1-9,14-15,24,26H,10-13,16H2,(H,27,30)(H,31,32)(H,33,34)/b9-8+. The van der Waals surface area contributed by atoms with Gasteiger partial charge in [-0.15, -0.1) is 0 Å². The average molecular weight is 463 g/mol. The zero-order valence-corrected chi connectivity index (χ0v) is 18.5. The molecule has 1 unspecified atom stereocenters. The lowest BCUT2D eigenvalue weighted by molar-refractivity contribution is -0.144. The van der Waals surface area contributed by atoms with Crippen LogP contribution < -0.4 is 5.32 Å². The molecule has 0 saturated carbocycles. The molecule has 4 rings (SSSR count). The summed E-state index contributed by atoms with van der Waals surface area (Å²) in [6, 6.07) is 14.5. The Morgan fingerprint density at radius 3 is 2.41 bits per heavy atom. The number of nitrogens with zero attached hydrogens (tertiary/aromatic N) is 2. The average Bonchev–Trinajstić information content (AvgIpc) is 3.22. The monoisotopic (exact) mass is 462 g/mol. The number of aromatic amines is 1. The summed E-state index contributed by atoms with van der Waals surface area (Å²) in [4.78, 5) is 42.3. The number of benzene rings is 2. The molecular weight excluding hydrogens is 436 g/mol. The number of carbonyl (C=O) groups excluding carboxylic acids is 1. The zero-order valence-electron chi connectivity index (χ0n) is 18.5. The third-order valence-electron chi connectivity index (χ3n) is 5.91. The number of carbonyl (C=O) groups is 3. The highest BCUT2D eigenvalue weighted by Crippen LogP contribution is 2.31. The maximum Gasteiger partial charge on any atom is 0.328 e. The Kier molecular flexibility index (Phi) is 7.05. The van der Waals surface area contributed by atoms with Crippen molar-refractivity contribution in [1.29, 1.82) is 0 Å². The fraction of sp³-hybridized carbons (Fsp3) is 0.240. The molecule has 1 atom stereocenters. The number of carboxylic acid groups (broad SMARTS) is 2. The first-order valence-corrected chi connectivity index (χ1v) is 11.0. The number of piperazine rings is 1. The number of fused-ring (bicyclic) bond motifs is 1. The van der Waals surface area contributed by atoms with Gasteiger partial charge in [-0.05, 0) is 23.8 Å². The molecule has 0 radical (unpaired) electrons. The fourth-order valence-electron chi connectivity index (χ4n) is 4.28. The van der Waals surface area contributed by atoms with E-state index in [4.69, 9.17) is 5.11 Å². The summed E-state index contributed by atoms with van der Waals surface area (Å²) in [6.45, 7) is 3.59. The van der Waals surface area contributed by atoms with Crippen molar-refractivity contribution in [2.45, 2.75) is 12.6 Å². The molecule has 3 aromatic rings. The second kappa shape index (κ2) is 10.3. The largest absolute Gasteiger partial charge is 0.480 e. The summed E-state index contributed by atoms with van der Waals surface area (Å²) < 4.78 is 0. The Bertz CT molecular complexity index is 1210. The highest BCUT2D eigenvalue weighted by atomic mass is 16.4. The van der Waals surface area contributed by atoms with E-state index in [1.165, 1.54) is 5.56 Å². The number of hydrogen-bond acceptors (Lipinski definition) is 5. The molecule has 176 valence electrons. The lowest BCUT2D eigenvalue weighted by Crippen LogP contribution is -2.48. The molecule has 2 heterocycles. The van der Waals surface area contributed by atoms with Crippen LogP contribution in [-0.2, 0) is 20.9 Å². The molecule has 1 aliphatic rings. The van der Waals surface area contributed by atoms with Gasteiger partial charge in [-0.1, -0.05) is 30.3 Å². The maximum atomic E-state index is 12.3. The summed E-state index contributed by atoms with van der Waals surface area (Å²) in [5.41, 5.74) is 3.06. The SMILES string of the molecule is O=C(O)/C=C/C(=O)Nc1ccc2[nH]cc(C(C(=O)O)N3CCN(Cc4ccccc4)CC3)c2c1. The number of amides is 1. The second-order valence-corrected chi connectivity index (χ2v) is 8.20. The Labute approximate surface area is 196 Å². The zero-order chi connectivity index (χ0) is 24.1. The van der Waals surface area contributed by atoms with Gasteiger partial charge in [-0.25, -0.2) is 4.79 Å².